The van der Waals surface area contributed by atoms with Crippen LogP contribution in [0, 0.1) is 11.6 Å². The molecule has 0 radical (unpaired) electrons. The van der Waals surface area contributed by atoms with Crippen molar-refractivity contribution in [2.45, 2.75) is 31.4 Å². The van der Waals surface area contributed by atoms with Crippen molar-refractivity contribution in [2.24, 2.45) is 0 Å². The number of hydrogen-bond acceptors (Lipinski definition) is 2. The van der Waals surface area contributed by atoms with Gasteiger partial charge in [0.05, 0.1) is 11.2 Å². The quantitative estimate of drug-likeness (QED) is 0.302. The summed E-state index contributed by atoms with van der Waals surface area (Å²) in [5.74, 6) is -0.563. The van der Waals surface area contributed by atoms with E-state index in [1.807, 2.05) is 36.4 Å². The first-order chi connectivity index (χ1) is 16.0. The first-order valence-electron chi connectivity index (χ1n) is 10.7. The summed E-state index contributed by atoms with van der Waals surface area (Å²) >= 11 is 3.39. The first kappa shape index (κ1) is 21.6. The Morgan fingerprint density at radius 2 is 1.79 bits per heavy atom. The molecule has 2 N–H and O–H groups in total. The summed E-state index contributed by atoms with van der Waals surface area (Å²) in [5, 5.41) is 3.70. The average molecular weight is 511 g/mol. The maximum Gasteiger partial charge on any atom is 0.407 e. The fraction of sp³-hybridized carbons (Fsp3) is 0.192. The van der Waals surface area contributed by atoms with Crippen molar-refractivity contribution in [1.82, 2.24) is 10.3 Å². The third-order valence-corrected chi connectivity index (χ3v) is 6.54. The van der Waals surface area contributed by atoms with Gasteiger partial charge in [0, 0.05) is 15.9 Å². The van der Waals surface area contributed by atoms with Crippen molar-refractivity contribution in [3.8, 4) is 11.3 Å². The van der Waals surface area contributed by atoms with Gasteiger partial charge in [-0.2, -0.15) is 0 Å². The number of halogens is 3. The SMILES string of the molecule is O=C(NC1CC(c2c(-c3ccc(F)cc3)[nH]c3c(F)cc(Br)cc23)C1)OCc1ccccc1. The smallest absolute Gasteiger partial charge is 0.407 e. The van der Waals surface area contributed by atoms with Crippen LogP contribution in [0.2, 0.25) is 0 Å². The van der Waals surface area contributed by atoms with E-state index in [1.54, 1.807) is 12.1 Å². The number of H-pyrrole nitrogens is 1. The van der Waals surface area contributed by atoms with Gasteiger partial charge in [-0.05, 0) is 71.8 Å². The highest BCUT2D eigenvalue weighted by atomic mass is 79.9. The lowest BCUT2D eigenvalue weighted by Gasteiger charge is -2.36. The van der Waals surface area contributed by atoms with Gasteiger partial charge in [0.15, 0.2) is 0 Å². The molecule has 1 aromatic heterocycles. The molecule has 1 amide bonds. The lowest BCUT2D eigenvalue weighted by atomic mass is 9.74. The van der Waals surface area contributed by atoms with Crippen LogP contribution in [0.15, 0.2) is 71.2 Å². The first-order valence-corrected chi connectivity index (χ1v) is 11.5. The number of rotatable bonds is 5. The number of nitrogens with one attached hydrogen (secondary N) is 2. The van der Waals surface area contributed by atoms with Crippen molar-refractivity contribution in [1.29, 1.82) is 0 Å². The topological polar surface area (TPSA) is 54.1 Å². The molecule has 33 heavy (non-hydrogen) atoms. The zero-order valence-corrected chi connectivity index (χ0v) is 19.2. The molecule has 1 saturated carbocycles. The van der Waals surface area contributed by atoms with E-state index in [1.165, 1.54) is 18.2 Å². The van der Waals surface area contributed by atoms with Crippen molar-refractivity contribution in [3.63, 3.8) is 0 Å². The molecule has 1 aliphatic rings. The van der Waals surface area contributed by atoms with E-state index >= 15 is 0 Å². The maximum absolute atomic E-state index is 14.7. The number of ether oxygens (including phenoxy) is 1. The van der Waals surface area contributed by atoms with E-state index in [9.17, 15) is 13.6 Å². The Balaban J connectivity index is 1.34. The molecule has 3 aromatic carbocycles. The number of hydrogen-bond donors (Lipinski definition) is 2. The molecule has 1 heterocycles. The second kappa shape index (κ2) is 8.98. The summed E-state index contributed by atoms with van der Waals surface area (Å²) in [7, 11) is 0. The molecular weight excluding hydrogens is 490 g/mol. The second-order valence-electron chi connectivity index (χ2n) is 8.30. The number of carbonyl (C=O) groups is 1. The van der Waals surface area contributed by atoms with Gasteiger partial charge in [-0.25, -0.2) is 13.6 Å². The molecule has 0 spiro atoms. The normalized spacial score (nSPS) is 17.5. The third kappa shape index (κ3) is 4.50. The molecule has 0 unspecified atom stereocenters. The molecule has 5 rings (SSSR count). The van der Waals surface area contributed by atoms with Gasteiger partial charge in [0.1, 0.15) is 18.2 Å². The monoisotopic (exact) mass is 510 g/mol. The minimum Gasteiger partial charge on any atom is -0.445 e. The Labute approximate surface area is 198 Å². The number of alkyl carbamates (subject to hydrolysis) is 1. The Kier molecular flexibility index (Phi) is 5.89. The fourth-order valence-corrected chi connectivity index (χ4v) is 4.84. The Bertz CT molecular complexity index is 1300. The second-order valence-corrected chi connectivity index (χ2v) is 9.22. The van der Waals surface area contributed by atoms with E-state index in [4.69, 9.17) is 4.74 Å². The maximum atomic E-state index is 14.7. The molecule has 0 saturated heterocycles. The molecule has 7 heteroatoms. The molecule has 0 atom stereocenters. The van der Waals surface area contributed by atoms with Crippen LogP contribution in [-0.2, 0) is 11.3 Å². The van der Waals surface area contributed by atoms with Crippen LogP contribution in [0.25, 0.3) is 22.2 Å². The summed E-state index contributed by atoms with van der Waals surface area (Å²) in [4.78, 5) is 15.4. The third-order valence-electron chi connectivity index (χ3n) is 6.08. The van der Waals surface area contributed by atoms with Gasteiger partial charge in [-0.1, -0.05) is 46.3 Å². The van der Waals surface area contributed by atoms with Gasteiger partial charge in [0.2, 0.25) is 0 Å². The lowest BCUT2D eigenvalue weighted by molar-refractivity contribution is 0.128. The van der Waals surface area contributed by atoms with Crippen molar-refractivity contribution in [3.05, 3.63) is 94.0 Å². The zero-order chi connectivity index (χ0) is 22.9. The van der Waals surface area contributed by atoms with Crippen LogP contribution < -0.4 is 5.32 Å². The number of fused-ring (bicyclic) bond motifs is 1. The molecule has 168 valence electrons. The van der Waals surface area contributed by atoms with Crippen molar-refractivity contribution in [2.75, 3.05) is 0 Å². The van der Waals surface area contributed by atoms with Gasteiger partial charge in [-0.3, -0.25) is 0 Å². The van der Waals surface area contributed by atoms with E-state index in [-0.39, 0.29) is 30.2 Å². The highest BCUT2D eigenvalue weighted by molar-refractivity contribution is 9.10. The van der Waals surface area contributed by atoms with E-state index < -0.39 is 6.09 Å². The van der Waals surface area contributed by atoms with E-state index in [0.717, 1.165) is 27.8 Å². The average Bonchev–Trinajstić information content (AvgIpc) is 3.15. The molecule has 1 aliphatic carbocycles. The summed E-state index contributed by atoms with van der Waals surface area (Å²) in [6, 6.07) is 19.0. The zero-order valence-electron chi connectivity index (χ0n) is 17.6. The van der Waals surface area contributed by atoms with E-state index in [2.05, 4.69) is 26.2 Å². The minimum atomic E-state index is -0.450. The Morgan fingerprint density at radius 1 is 1.06 bits per heavy atom. The molecular formula is C26H21BrF2N2O2. The van der Waals surface area contributed by atoms with Gasteiger partial charge >= 0.3 is 6.09 Å². The minimum absolute atomic E-state index is 0.0266. The number of amides is 1. The van der Waals surface area contributed by atoms with Crippen LogP contribution in [0.1, 0.15) is 29.9 Å². The van der Waals surface area contributed by atoms with Crippen LogP contribution in [0.5, 0.6) is 0 Å². The molecule has 0 aliphatic heterocycles. The Hall–Kier alpha value is -3.19. The molecule has 0 bridgehead atoms. The van der Waals surface area contributed by atoms with Crippen LogP contribution in [0.3, 0.4) is 0 Å². The summed E-state index contributed by atoms with van der Waals surface area (Å²) in [6.07, 6.45) is 0.958. The lowest BCUT2D eigenvalue weighted by Crippen LogP contribution is -2.43. The standard InChI is InChI=1S/C26H21BrF2N2O2/c27-18-12-21-23(24(31-25(21)22(29)13-18)16-6-8-19(28)9-7-16)17-10-20(11-17)30-26(32)33-14-15-4-2-1-3-5-15/h1-9,12-13,17,20,31H,10-11,14H2,(H,30,32). The van der Waals surface area contributed by atoms with Crippen molar-refractivity contribution < 1.29 is 18.3 Å². The van der Waals surface area contributed by atoms with Gasteiger partial charge < -0.3 is 15.0 Å². The molecule has 1 fully saturated rings. The largest absolute Gasteiger partial charge is 0.445 e. The Morgan fingerprint density at radius 3 is 2.52 bits per heavy atom. The summed E-state index contributed by atoms with van der Waals surface area (Å²) < 4.78 is 34.1. The van der Waals surface area contributed by atoms with Crippen LogP contribution in [0.4, 0.5) is 13.6 Å². The highest BCUT2D eigenvalue weighted by Crippen LogP contribution is 2.46. The van der Waals surface area contributed by atoms with Crippen molar-refractivity contribution >= 4 is 32.9 Å². The summed E-state index contributed by atoms with van der Waals surface area (Å²) in [6.45, 7) is 0.216. The van der Waals surface area contributed by atoms with Gasteiger partial charge in [-0.15, -0.1) is 0 Å². The molecule has 4 nitrogen and oxygen atoms in total. The van der Waals surface area contributed by atoms with Gasteiger partial charge in [0.25, 0.3) is 0 Å². The molecule has 4 aromatic rings. The van der Waals surface area contributed by atoms with E-state index in [0.29, 0.717) is 22.8 Å². The number of benzene rings is 3. The number of aromatic amines is 1. The summed E-state index contributed by atoms with van der Waals surface area (Å²) in [5.41, 5.74) is 3.89. The highest BCUT2D eigenvalue weighted by Gasteiger charge is 2.35. The van der Waals surface area contributed by atoms with Crippen LogP contribution in [-0.4, -0.2) is 17.1 Å². The number of carbonyl (C=O) groups excluding carboxylic acids is 1. The van der Waals surface area contributed by atoms with Crippen LogP contribution >= 0.6 is 15.9 Å². The predicted octanol–water partition coefficient (Wildman–Crippen LogP) is 7.05. The predicted molar refractivity (Wildman–Crippen MR) is 127 cm³/mol. The fourth-order valence-electron chi connectivity index (χ4n) is 4.41. The number of aromatic nitrogens is 1.